The molecule has 8 heteroatoms. The lowest BCUT2D eigenvalue weighted by atomic mass is 10.1. The summed E-state index contributed by atoms with van der Waals surface area (Å²) >= 11 is 0. The van der Waals surface area contributed by atoms with Crippen LogP contribution in [-0.2, 0) is 17.8 Å². The fourth-order valence-electron chi connectivity index (χ4n) is 3.44. The molecule has 3 rings (SSSR count). The second-order valence-electron chi connectivity index (χ2n) is 7.38. The predicted octanol–water partition coefficient (Wildman–Crippen LogP) is 2.23. The van der Waals surface area contributed by atoms with E-state index < -0.39 is 11.2 Å². The number of ether oxygens (including phenoxy) is 2. The van der Waals surface area contributed by atoms with Crippen LogP contribution in [0.1, 0.15) is 25.3 Å². The van der Waals surface area contributed by atoms with E-state index in [2.05, 4.69) is 22.4 Å². The minimum atomic E-state index is -0.574. The van der Waals surface area contributed by atoms with Gasteiger partial charge in [0.1, 0.15) is 0 Å². The van der Waals surface area contributed by atoms with E-state index in [9.17, 15) is 14.4 Å². The fraction of sp³-hybridized carbons (Fsp3) is 0.348. The summed E-state index contributed by atoms with van der Waals surface area (Å²) in [5, 5.41) is 3.21. The lowest BCUT2D eigenvalue weighted by molar-refractivity contribution is -0.121. The Kier molecular flexibility index (Phi) is 7.12. The van der Waals surface area contributed by atoms with Crippen molar-refractivity contribution in [2.75, 3.05) is 14.2 Å². The third-order valence-electron chi connectivity index (χ3n) is 5.16. The molecular formula is C23H27N3O5. The van der Waals surface area contributed by atoms with Crippen LogP contribution in [0.2, 0.25) is 0 Å². The first-order chi connectivity index (χ1) is 14.9. The Bertz CT molecular complexity index is 1170. The number of aromatic amines is 1. The maximum Gasteiger partial charge on any atom is 0.328 e. The van der Waals surface area contributed by atoms with Crippen LogP contribution < -0.4 is 26.0 Å². The number of H-pyrrole nitrogens is 1. The number of carbonyl (C=O) groups excluding carboxylic acids is 1. The summed E-state index contributed by atoms with van der Waals surface area (Å²) < 4.78 is 11.5. The predicted molar refractivity (Wildman–Crippen MR) is 119 cm³/mol. The van der Waals surface area contributed by atoms with Crippen molar-refractivity contribution in [3.63, 3.8) is 0 Å². The Morgan fingerprint density at radius 2 is 1.77 bits per heavy atom. The highest BCUT2D eigenvalue weighted by atomic mass is 16.5. The molecule has 0 saturated carbocycles. The van der Waals surface area contributed by atoms with Crippen LogP contribution >= 0.6 is 0 Å². The van der Waals surface area contributed by atoms with Gasteiger partial charge in [-0.3, -0.25) is 14.2 Å². The normalized spacial score (nSPS) is 11.8. The SMILES string of the molecule is COc1cc2[nH]c(=O)n(CCC(=O)NC(C)CCc3ccccc3)c(=O)c2cc1OC. The molecule has 0 fully saturated rings. The molecule has 8 nitrogen and oxygen atoms in total. The van der Waals surface area contributed by atoms with Crippen molar-refractivity contribution in [2.24, 2.45) is 0 Å². The number of hydrogen-bond acceptors (Lipinski definition) is 5. The number of carbonyl (C=O) groups is 1. The summed E-state index contributed by atoms with van der Waals surface area (Å²) in [5.41, 5.74) is 0.507. The van der Waals surface area contributed by atoms with Gasteiger partial charge in [0.25, 0.3) is 5.56 Å². The Hall–Kier alpha value is -3.55. The van der Waals surface area contributed by atoms with E-state index in [1.807, 2.05) is 25.1 Å². The monoisotopic (exact) mass is 425 g/mol. The third kappa shape index (κ3) is 5.33. The van der Waals surface area contributed by atoms with Crippen LogP contribution in [0, 0.1) is 0 Å². The van der Waals surface area contributed by atoms with Crippen molar-refractivity contribution in [3.05, 3.63) is 68.9 Å². The number of amides is 1. The standard InChI is InChI=1S/C23H27N3O5/c1-15(9-10-16-7-5-4-6-8-16)24-21(27)11-12-26-22(28)17-13-19(30-2)20(31-3)14-18(17)25-23(26)29/h4-8,13-15H,9-12H2,1-3H3,(H,24,27)(H,25,29). The molecule has 0 spiro atoms. The highest BCUT2D eigenvalue weighted by Crippen LogP contribution is 2.29. The molecule has 2 aromatic carbocycles. The quantitative estimate of drug-likeness (QED) is 0.547. The molecule has 1 aromatic heterocycles. The summed E-state index contributed by atoms with van der Waals surface area (Å²) in [5.74, 6) is 0.585. The molecule has 0 aliphatic carbocycles. The largest absolute Gasteiger partial charge is 0.493 e. The van der Waals surface area contributed by atoms with Crippen molar-refractivity contribution in [1.29, 1.82) is 0 Å². The molecular weight excluding hydrogens is 398 g/mol. The lowest BCUT2D eigenvalue weighted by Gasteiger charge is -2.14. The zero-order valence-corrected chi connectivity index (χ0v) is 17.9. The molecule has 0 radical (unpaired) electrons. The highest BCUT2D eigenvalue weighted by Gasteiger charge is 2.14. The molecule has 164 valence electrons. The van der Waals surface area contributed by atoms with E-state index in [4.69, 9.17) is 9.47 Å². The summed E-state index contributed by atoms with van der Waals surface area (Å²) in [6, 6.07) is 13.1. The smallest absolute Gasteiger partial charge is 0.328 e. The van der Waals surface area contributed by atoms with Crippen LogP contribution in [-0.4, -0.2) is 35.7 Å². The Balaban J connectivity index is 1.66. The van der Waals surface area contributed by atoms with Crippen LogP contribution in [0.3, 0.4) is 0 Å². The highest BCUT2D eigenvalue weighted by molar-refractivity contribution is 5.81. The molecule has 31 heavy (non-hydrogen) atoms. The molecule has 1 unspecified atom stereocenters. The molecule has 1 heterocycles. The van der Waals surface area contributed by atoms with Gasteiger partial charge in [0.2, 0.25) is 5.91 Å². The minimum absolute atomic E-state index is 0.0176. The Morgan fingerprint density at radius 1 is 1.10 bits per heavy atom. The van der Waals surface area contributed by atoms with Gasteiger partial charge in [-0.1, -0.05) is 30.3 Å². The molecule has 0 aliphatic rings. The van der Waals surface area contributed by atoms with Crippen molar-refractivity contribution in [1.82, 2.24) is 14.9 Å². The van der Waals surface area contributed by atoms with Gasteiger partial charge in [-0.25, -0.2) is 4.79 Å². The maximum absolute atomic E-state index is 12.8. The van der Waals surface area contributed by atoms with E-state index in [-0.39, 0.29) is 30.3 Å². The van der Waals surface area contributed by atoms with Crippen molar-refractivity contribution < 1.29 is 14.3 Å². The van der Waals surface area contributed by atoms with Gasteiger partial charge < -0.3 is 19.8 Å². The van der Waals surface area contributed by atoms with Crippen LogP contribution in [0.4, 0.5) is 0 Å². The van der Waals surface area contributed by atoms with Crippen molar-refractivity contribution >= 4 is 16.8 Å². The van der Waals surface area contributed by atoms with Crippen LogP contribution in [0.25, 0.3) is 10.9 Å². The summed E-state index contributed by atoms with van der Waals surface area (Å²) in [4.78, 5) is 40.2. The Morgan fingerprint density at radius 3 is 2.45 bits per heavy atom. The topological polar surface area (TPSA) is 102 Å². The number of nitrogens with zero attached hydrogens (tertiary/aromatic N) is 1. The molecule has 1 amide bonds. The summed E-state index contributed by atoms with van der Waals surface area (Å²) in [6.07, 6.45) is 1.68. The molecule has 0 saturated heterocycles. The average Bonchev–Trinajstić information content (AvgIpc) is 2.77. The van der Waals surface area contributed by atoms with Gasteiger partial charge in [0.05, 0.1) is 25.1 Å². The first-order valence-corrected chi connectivity index (χ1v) is 10.1. The first-order valence-electron chi connectivity index (χ1n) is 10.1. The van der Waals surface area contributed by atoms with Gasteiger partial charge >= 0.3 is 5.69 Å². The van der Waals surface area contributed by atoms with E-state index >= 15 is 0 Å². The minimum Gasteiger partial charge on any atom is -0.493 e. The van der Waals surface area contributed by atoms with Crippen LogP contribution in [0.5, 0.6) is 11.5 Å². The number of rotatable bonds is 9. The number of aryl methyl sites for hydroxylation is 1. The molecule has 0 bridgehead atoms. The number of fused-ring (bicyclic) bond motifs is 1. The summed E-state index contributed by atoms with van der Waals surface area (Å²) in [6.45, 7) is 1.92. The van der Waals surface area contributed by atoms with Gasteiger partial charge in [0, 0.05) is 25.1 Å². The number of aromatic nitrogens is 2. The van der Waals surface area contributed by atoms with Gasteiger partial charge in [-0.15, -0.1) is 0 Å². The first kappa shape index (κ1) is 22.1. The van der Waals surface area contributed by atoms with E-state index in [1.54, 1.807) is 6.07 Å². The number of benzene rings is 2. The van der Waals surface area contributed by atoms with E-state index in [0.29, 0.717) is 17.0 Å². The van der Waals surface area contributed by atoms with Crippen molar-refractivity contribution in [2.45, 2.75) is 38.8 Å². The number of hydrogen-bond donors (Lipinski definition) is 2. The maximum atomic E-state index is 12.8. The van der Waals surface area contributed by atoms with Gasteiger partial charge in [0.15, 0.2) is 11.5 Å². The number of methoxy groups -OCH3 is 2. The van der Waals surface area contributed by atoms with Crippen LogP contribution in [0.15, 0.2) is 52.1 Å². The van der Waals surface area contributed by atoms with Gasteiger partial charge in [-0.05, 0) is 31.4 Å². The second-order valence-corrected chi connectivity index (χ2v) is 7.38. The molecule has 0 aliphatic heterocycles. The molecule has 1 atom stereocenters. The fourth-order valence-corrected chi connectivity index (χ4v) is 3.44. The Labute approximate surface area is 179 Å². The molecule has 2 N–H and O–H groups in total. The van der Waals surface area contributed by atoms with Crippen molar-refractivity contribution in [3.8, 4) is 11.5 Å². The number of nitrogens with one attached hydrogen (secondary N) is 2. The zero-order chi connectivity index (χ0) is 22.4. The summed E-state index contributed by atoms with van der Waals surface area (Å²) in [7, 11) is 2.94. The molecule has 3 aromatic rings. The zero-order valence-electron chi connectivity index (χ0n) is 17.9. The van der Waals surface area contributed by atoms with E-state index in [1.165, 1.54) is 25.8 Å². The average molecular weight is 425 g/mol. The lowest BCUT2D eigenvalue weighted by Crippen LogP contribution is -2.38. The van der Waals surface area contributed by atoms with E-state index in [0.717, 1.165) is 17.4 Å². The van der Waals surface area contributed by atoms with Gasteiger partial charge in [-0.2, -0.15) is 0 Å². The third-order valence-corrected chi connectivity index (χ3v) is 5.16. The second kappa shape index (κ2) is 9.97.